The van der Waals surface area contributed by atoms with Gasteiger partial charge in [-0.25, -0.2) is 0 Å². The molecule has 1 aromatic heterocycles. The molecule has 0 saturated carbocycles. The zero-order valence-electron chi connectivity index (χ0n) is 14.5. The van der Waals surface area contributed by atoms with Crippen molar-refractivity contribution in [2.24, 2.45) is 5.92 Å². The van der Waals surface area contributed by atoms with Gasteiger partial charge in [0, 0.05) is 34.1 Å². The van der Waals surface area contributed by atoms with Crippen LogP contribution in [0.15, 0.2) is 48.6 Å². The van der Waals surface area contributed by atoms with Crippen molar-refractivity contribution in [3.8, 4) is 0 Å². The van der Waals surface area contributed by atoms with Crippen molar-refractivity contribution >= 4 is 22.9 Å². The van der Waals surface area contributed by atoms with Gasteiger partial charge in [-0.3, -0.25) is 4.79 Å². The Kier molecular flexibility index (Phi) is 5.05. The first kappa shape index (κ1) is 16.8. The normalized spacial score (nSPS) is 16.8. The number of thiophene rings is 1. The second kappa shape index (κ2) is 7.22. The lowest BCUT2D eigenvalue weighted by atomic mass is 10.0. The van der Waals surface area contributed by atoms with Crippen LogP contribution >= 0.6 is 11.3 Å². The minimum atomic E-state index is 0.106. The molecule has 1 unspecified atom stereocenters. The van der Waals surface area contributed by atoms with Gasteiger partial charge in [-0.1, -0.05) is 32.1 Å². The van der Waals surface area contributed by atoms with Crippen LogP contribution in [-0.2, 0) is 6.54 Å². The van der Waals surface area contributed by atoms with E-state index in [0.717, 1.165) is 17.8 Å². The molecule has 1 aromatic carbocycles. The van der Waals surface area contributed by atoms with Crippen molar-refractivity contribution in [3.05, 3.63) is 63.9 Å². The molecule has 24 heavy (non-hydrogen) atoms. The summed E-state index contributed by atoms with van der Waals surface area (Å²) in [6.45, 7) is 7.91. The van der Waals surface area contributed by atoms with Gasteiger partial charge in [0.15, 0.2) is 0 Å². The number of nitrogens with zero attached hydrogens (tertiary/aromatic N) is 1. The Bertz CT molecular complexity index is 748. The fourth-order valence-electron chi connectivity index (χ4n) is 3.04. The Hall–Kier alpha value is -2.07. The zero-order chi connectivity index (χ0) is 17.1. The lowest BCUT2D eigenvalue weighted by Gasteiger charge is -2.27. The van der Waals surface area contributed by atoms with Crippen LogP contribution in [-0.4, -0.2) is 23.4 Å². The fraction of sp³-hybridized carbons (Fsp3) is 0.350. The average Bonchev–Trinajstić information content (AvgIpc) is 3.21. The average molecular weight is 340 g/mol. The first-order valence-electron chi connectivity index (χ1n) is 8.41. The summed E-state index contributed by atoms with van der Waals surface area (Å²) in [5, 5.41) is 3.42. The van der Waals surface area contributed by atoms with E-state index < -0.39 is 0 Å². The Morgan fingerprint density at radius 2 is 2.17 bits per heavy atom. The molecule has 2 heterocycles. The molecule has 3 rings (SSSR count). The first-order valence-corrected chi connectivity index (χ1v) is 9.23. The second-order valence-corrected chi connectivity index (χ2v) is 7.94. The molecular weight excluding hydrogens is 316 g/mol. The van der Waals surface area contributed by atoms with E-state index in [0.29, 0.717) is 12.5 Å². The summed E-state index contributed by atoms with van der Waals surface area (Å²) in [4.78, 5) is 17.4. The summed E-state index contributed by atoms with van der Waals surface area (Å²) in [6.07, 6.45) is 4.23. The molecule has 0 spiro atoms. The zero-order valence-corrected chi connectivity index (χ0v) is 15.3. The van der Waals surface area contributed by atoms with Gasteiger partial charge in [-0.05, 0) is 43.2 Å². The number of carbonyl (C=O) groups excluding carboxylic acids is 1. The van der Waals surface area contributed by atoms with Crippen molar-refractivity contribution in [3.63, 3.8) is 0 Å². The van der Waals surface area contributed by atoms with Crippen LogP contribution in [0.2, 0.25) is 0 Å². The monoisotopic (exact) mass is 340 g/mol. The van der Waals surface area contributed by atoms with E-state index in [1.807, 2.05) is 29.2 Å². The van der Waals surface area contributed by atoms with Gasteiger partial charge in [0.05, 0.1) is 6.04 Å². The van der Waals surface area contributed by atoms with Gasteiger partial charge in [-0.2, -0.15) is 0 Å². The standard InChI is InChI=1S/C20H24N2OS/c1-14(2)19-8-5-11-22(19)20(23)16-6-4-7-17(12-16)21-13-18-10-9-15(3)24-18/h4-10,12,14,19,21H,11,13H2,1-3H3. The van der Waals surface area contributed by atoms with Crippen molar-refractivity contribution in [2.75, 3.05) is 11.9 Å². The molecule has 0 bridgehead atoms. The van der Waals surface area contributed by atoms with Crippen molar-refractivity contribution in [1.82, 2.24) is 4.90 Å². The predicted molar refractivity (Wildman–Crippen MR) is 102 cm³/mol. The Balaban J connectivity index is 1.69. The van der Waals surface area contributed by atoms with Crippen LogP contribution in [0.5, 0.6) is 0 Å². The molecule has 3 nitrogen and oxygen atoms in total. The highest BCUT2D eigenvalue weighted by atomic mass is 32.1. The minimum absolute atomic E-state index is 0.106. The Labute approximate surface area is 148 Å². The van der Waals surface area contributed by atoms with Gasteiger partial charge in [0.1, 0.15) is 0 Å². The van der Waals surface area contributed by atoms with Crippen molar-refractivity contribution < 1.29 is 4.79 Å². The third kappa shape index (κ3) is 3.70. The highest BCUT2D eigenvalue weighted by Crippen LogP contribution is 2.22. The first-order chi connectivity index (χ1) is 11.5. The van der Waals surface area contributed by atoms with Gasteiger partial charge in [-0.15, -0.1) is 11.3 Å². The SMILES string of the molecule is Cc1ccc(CNc2cccc(C(=O)N3CC=CC3C(C)C)c2)s1. The van der Waals surface area contributed by atoms with Crippen molar-refractivity contribution in [1.29, 1.82) is 0 Å². The number of hydrogen-bond donors (Lipinski definition) is 1. The molecule has 0 fully saturated rings. The molecule has 1 atom stereocenters. The van der Waals surface area contributed by atoms with Gasteiger partial charge in [0.2, 0.25) is 0 Å². The molecule has 0 radical (unpaired) electrons. The van der Waals surface area contributed by atoms with Crippen LogP contribution in [0.3, 0.4) is 0 Å². The molecule has 1 N–H and O–H groups in total. The molecule has 2 aromatic rings. The van der Waals surface area contributed by atoms with Crippen LogP contribution in [0.4, 0.5) is 5.69 Å². The molecule has 1 aliphatic heterocycles. The minimum Gasteiger partial charge on any atom is -0.380 e. The smallest absolute Gasteiger partial charge is 0.254 e. The summed E-state index contributed by atoms with van der Waals surface area (Å²) in [7, 11) is 0. The summed E-state index contributed by atoms with van der Waals surface area (Å²) < 4.78 is 0. The largest absolute Gasteiger partial charge is 0.380 e. The molecule has 0 saturated heterocycles. The van der Waals surface area contributed by atoms with Gasteiger partial charge in [0.25, 0.3) is 5.91 Å². The number of amides is 1. The summed E-state index contributed by atoms with van der Waals surface area (Å²) in [5.41, 5.74) is 1.73. The maximum atomic E-state index is 12.9. The quantitative estimate of drug-likeness (QED) is 0.800. The highest BCUT2D eigenvalue weighted by molar-refractivity contribution is 7.11. The van der Waals surface area contributed by atoms with E-state index in [1.165, 1.54) is 9.75 Å². The molecule has 4 heteroatoms. The second-order valence-electron chi connectivity index (χ2n) is 6.57. The van der Waals surface area contributed by atoms with Gasteiger partial charge < -0.3 is 10.2 Å². The van der Waals surface area contributed by atoms with E-state index in [4.69, 9.17) is 0 Å². The van der Waals surface area contributed by atoms with Crippen LogP contribution < -0.4 is 5.32 Å². The van der Waals surface area contributed by atoms with Crippen LogP contribution in [0.1, 0.15) is 34.0 Å². The topological polar surface area (TPSA) is 32.3 Å². The summed E-state index contributed by atoms with van der Waals surface area (Å²) in [6, 6.07) is 12.3. The van der Waals surface area contributed by atoms with Crippen LogP contribution in [0, 0.1) is 12.8 Å². The van der Waals surface area contributed by atoms with Crippen molar-refractivity contribution in [2.45, 2.75) is 33.4 Å². The Morgan fingerprint density at radius 1 is 1.33 bits per heavy atom. The molecule has 126 valence electrons. The van der Waals surface area contributed by atoms with Gasteiger partial charge >= 0.3 is 0 Å². The summed E-state index contributed by atoms with van der Waals surface area (Å²) >= 11 is 1.80. The number of rotatable bonds is 5. The van der Waals surface area contributed by atoms with E-state index in [1.54, 1.807) is 11.3 Å². The maximum Gasteiger partial charge on any atom is 0.254 e. The highest BCUT2D eigenvalue weighted by Gasteiger charge is 2.27. The van der Waals surface area contributed by atoms with E-state index in [2.05, 4.69) is 50.4 Å². The number of anilines is 1. The predicted octanol–water partition coefficient (Wildman–Crippen LogP) is 4.71. The lowest BCUT2D eigenvalue weighted by Crippen LogP contribution is -2.39. The van der Waals surface area contributed by atoms with E-state index in [9.17, 15) is 4.79 Å². The number of hydrogen-bond acceptors (Lipinski definition) is 3. The maximum absolute atomic E-state index is 12.9. The number of benzene rings is 1. The third-order valence-corrected chi connectivity index (χ3v) is 5.31. The Morgan fingerprint density at radius 3 is 2.88 bits per heavy atom. The van der Waals surface area contributed by atoms with Crippen LogP contribution in [0.25, 0.3) is 0 Å². The third-order valence-electron chi connectivity index (χ3n) is 4.31. The number of carbonyl (C=O) groups is 1. The number of nitrogens with one attached hydrogen (secondary N) is 1. The van der Waals surface area contributed by atoms with E-state index in [-0.39, 0.29) is 11.9 Å². The lowest BCUT2D eigenvalue weighted by molar-refractivity contribution is 0.0720. The molecule has 1 aliphatic rings. The molecule has 0 aliphatic carbocycles. The van der Waals surface area contributed by atoms with E-state index >= 15 is 0 Å². The fourth-order valence-corrected chi connectivity index (χ4v) is 3.87. The summed E-state index contributed by atoms with van der Waals surface area (Å²) in [5.74, 6) is 0.533. The molecule has 1 amide bonds. The molecular formula is C20H24N2OS. The number of aryl methyl sites for hydroxylation is 1.